The van der Waals surface area contributed by atoms with E-state index in [9.17, 15) is 14.7 Å². The van der Waals surface area contributed by atoms with Gasteiger partial charge in [-0.1, -0.05) is 25.1 Å². The van der Waals surface area contributed by atoms with Gasteiger partial charge in [-0.25, -0.2) is 14.2 Å². The van der Waals surface area contributed by atoms with Crippen LogP contribution in [-0.2, 0) is 28.3 Å². The van der Waals surface area contributed by atoms with Gasteiger partial charge in [0.1, 0.15) is 12.4 Å². The Labute approximate surface area is 203 Å². The van der Waals surface area contributed by atoms with E-state index in [0.717, 1.165) is 0 Å². The largest absolute Gasteiger partial charge is 0.458 e. The van der Waals surface area contributed by atoms with Crippen LogP contribution in [0.25, 0.3) is 33.4 Å². The normalized spacial score (nSPS) is 19.1. The Morgan fingerprint density at radius 1 is 1.08 bits per heavy atom. The van der Waals surface area contributed by atoms with E-state index in [2.05, 4.69) is 0 Å². The molecule has 0 aliphatic carbocycles. The molecule has 7 rings (SSSR count). The van der Waals surface area contributed by atoms with Crippen molar-refractivity contribution >= 4 is 16.9 Å². The van der Waals surface area contributed by atoms with Gasteiger partial charge in [0.05, 0.1) is 29.0 Å². The third-order valence-electron chi connectivity index (χ3n) is 7.32. The van der Waals surface area contributed by atoms with E-state index in [1.165, 1.54) is 10.6 Å². The fourth-order valence-corrected chi connectivity index (χ4v) is 5.44. The fraction of sp³-hybridized carbons (Fsp3) is 0.222. The minimum absolute atomic E-state index is 0.0453. The van der Waals surface area contributed by atoms with Crippen LogP contribution in [0.4, 0.5) is 4.39 Å². The monoisotopic (exact) mass is 486 g/mol. The van der Waals surface area contributed by atoms with Crippen LogP contribution >= 0.6 is 0 Å². The lowest BCUT2D eigenvalue weighted by molar-refractivity contribution is -0.172. The Balaban J connectivity index is 1.58. The highest BCUT2D eigenvalue weighted by Crippen LogP contribution is 2.46. The summed E-state index contributed by atoms with van der Waals surface area (Å²) in [7, 11) is 0. The smallest absolute Gasteiger partial charge is 0.343 e. The van der Waals surface area contributed by atoms with E-state index in [1.54, 1.807) is 43.3 Å². The van der Waals surface area contributed by atoms with Crippen molar-refractivity contribution in [2.45, 2.75) is 32.1 Å². The third kappa shape index (κ3) is 2.63. The second kappa shape index (κ2) is 7.14. The molecule has 5 heterocycles. The molecule has 0 saturated heterocycles. The summed E-state index contributed by atoms with van der Waals surface area (Å²) in [6, 6.07) is 11.6. The number of nitrogens with zero attached hydrogens (tertiary/aromatic N) is 2. The zero-order chi connectivity index (χ0) is 24.8. The van der Waals surface area contributed by atoms with Crippen molar-refractivity contribution in [3.8, 4) is 34.0 Å². The van der Waals surface area contributed by atoms with E-state index in [4.69, 9.17) is 19.2 Å². The zero-order valence-electron chi connectivity index (χ0n) is 19.1. The number of benzene rings is 2. The molecule has 36 heavy (non-hydrogen) atoms. The van der Waals surface area contributed by atoms with Crippen LogP contribution in [0.15, 0.2) is 47.3 Å². The Hall–Kier alpha value is -4.24. The molecule has 0 amide bonds. The van der Waals surface area contributed by atoms with Gasteiger partial charge in [0.2, 0.25) is 6.79 Å². The molecule has 4 aromatic rings. The molecule has 0 unspecified atom stereocenters. The summed E-state index contributed by atoms with van der Waals surface area (Å²) in [6.07, 6.45) is 0.0453. The van der Waals surface area contributed by atoms with Crippen LogP contribution in [0.3, 0.4) is 0 Å². The first kappa shape index (κ1) is 21.1. The summed E-state index contributed by atoms with van der Waals surface area (Å²) < 4.78 is 32.9. The molecular weight excluding hydrogens is 467 g/mol. The SMILES string of the molecule is CC[C@@]1(O)C(=O)OCc2c1cc1n(c2=O)Cc2c-1nc1cc3c(cc1c2-c1ccccc1F)OCO3. The first-order valence-corrected chi connectivity index (χ1v) is 11.6. The maximum atomic E-state index is 15.2. The lowest BCUT2D eigenvalue weighted by Crippen LogP contribution is -2.44. The van der Waals surface area contributed by atoms with Crippen molar-refractivity contribution < 1.29 is 28.5 Å². The average Bonchev–Trinajstić information content (AvgIpc) is 3.49. The molecule has 9 heteroatoms. The number of carbonyl (C=O) groups is 1. The fourth-order valence-electron chi connectivity index (χ4n) is 5.44. The molecule has 2 aromatic heterocycles. The van der Waals surface area contributed by atoms with Gasteiger partial charge in [0, 0.05) is 33.7 Å². The van der Waals surface area contributed by atoms with Gasteiger partial charge in [-0.05, 0) is 24.6 Å². The Morgan fingerprint density at radius 2 is 1.86 bits per heavy atom. The summed E-state index contributed by atoms with van der Waals surface area (Å²) in [5, 5.41) is 11.8. The molecule has 3 aliphatic heterocycles. The first-order chi connectivity index (χ1) is 17.4. The predicted molar refractivity (Wildman–Crippen MR) is 126 cm³/mol. The highest BCUT2D eigenvalue weighted by Gasteiger charge is 2.45. The predicted octanol–water partition coefficient (Wildman–Crippen LogP) is 3.61. The van der Waals surface area contributed by atoms with E-state index < -0.39 is 17.4 Å². The second-order valence-corrected chi connectivity index (χ2v) is 9.12. The molecule has 0 saturated carbocycles. The molecule has 2 aromatic carbocycles. The van der Waals surface area contributed by atoms with Crippen LogP contribution in [0, 0.1) is 5.82 Å². The number of carbonyl (C=O) groups excluding carboxylic acids is 1. The molecular formula is C27H19FN2O6. The molecule has 0 fully saturated rings. The number of rotatable bonds is 2. The number of cyclic esters (lactones) is 1. The number of fused-ring (bicyclic) bond motifs is 6. The van der Waals surface area contributed by atoms with Gasteiger partial charge >= 0.3 is 5.97 Å². The van der Waals surface area contributed by atoms with Crippen molar-refractivity contribution in [2.75, 3.05) is 6.79 Å². The number of aromatic nitrogens is 2. The van der Waals surface area contributed by atoms with Gasteiger partial charge in [-0.2, -0.15) is 0 Å². The van der Waals surface area contributed by atoms with Gasteiger partial charge < -0.3 is 23.9 Å². The maximum absolute atomic E-state index is 15.2. The van der Waals surface area contributed by atoms with Gasteiger partial charge in [-0.15, -0.1) is 0 Å². The number of hydrogen-bond acceptors (Lipinski definition) is 7. The Bertz CT molecular complexity index is 1710. The van der Waals surface area contributed by atoms with Crippen molar-refractivity contribution in [1.82, 2.24) is 9.55 Å². The molecule has 3 aliphatic rings. The first-order valence-electron chi connectivity index (χ1n) is 11.6. The summed E-state index contributed by atoms with van der Waals surface area (Å²) in [6.45, 7) is 1.66. The molecule has 0 bridgehead atoms. The topological polar surface area (TPSA) is 99.9 Å². The molecule has 1 atom stereocenters. The standard InChI is InChI=1S/C27H19FN2O6/c1-2-27(33)17-8-20-24-15(10-30(20)25(31)16(17)11-34-26(27)32)23(13-5-3-4-6-18(13)28)14-7-21-22(36-12-35-21)9-19(14)29-24/h3-9,33H,2,10-12H2,1H3/t27-/m0/s1. The van der Waals surface area contributed by atoms with E-state index in [-0.39, 0.29) is 43.1 Å². The number of hydrogen-bond donors (Lipinski definition) is 1. The van der Waals surface area contributed by atoms with Crippen molar-refractivity contribution in [1.29, 1.82) is 0 Å². The zero-order valence-corrected chi connectivity index (χ0v) is 19.1. The second-order valence-electron chi connectivity index (χ2n) is 9.12. The van der Waals surface area contributed by atoms with E-state index >= 15 is 4.39 Å². The number of ether oxygens (including phenoxy) is 3. The minimum Gasteiger partial charge on any atom is -0.458 e. The number of esters is 1. The summed E-state index contributed by atoms with van der Waals surface area (Å²) in [5.41, 5.74) is 1.26. The van der Waals surface area contributed by atoms with Crippen molar-refractivity contribution in [2.24, 2.45) is 0 Å². The van der Waals surface area contributed by atoms with E-state index in [0.29, 0.717) is 50.5 Å². The van der Waals surface area contributed by atoms with Gasteiger partial charge in [-0.3, -0.25) is 4.79 Å². The summed E-state index contributed by atoms with van der Waals surface area (Å²) in [5.74, 6) is -0.134. The van der Waals surface area contributed by atoms with Crippen molar-refractivity contribution in [3.63, 3.8) is 0 Å². The highest BCUT2D eigenvalue weighted by atomic mass is 19.1. The molecule has 8 nitrogen and oxygen atoms in total. The Morgan fingerprint density at radius 3 is 2.64 bits per heavy atom. The van der Waals surface area contributed by atoms with E-state index in [1.807, 2.05) is 0 Å². The Kier molecular flexibility index (Phi) is 4.18. The van der Waals surface area contributed by atoms with Crippen LogP contribution in [0.2, 0.25) is 0 Å². The van der Waals surface area contributed by atoms with Crippen LogP contribution in [-0.4, -0.2) is 27.4 Å². The third-order valence-corrected chi connectivity index (χ3v) is 7.32. The number of aliphatic hydroxyl groups is 1. The van der Waals surface area contributed by atoms with Gasteiger partial charge in [0.25, 0.3) is 5.56 Å². The minimum atomic E-state index is -1.93. The summed E-state index contributed by atoms with van der Waals surface area (Å²) in [4.78, 5) is 30.9. The lowest BCUT2D eigenvalue weighted by atomic mass is 9.86. The van der Waals surface area contributed by atoms with Crippen LogP contribution < -0.4 is 15.0 Å². The molecule has 0 radical (unpaired) electrons. The van der Waals surface area contributed by atoms with Gasteiger partial charge in [0.15, 0.2) is 17.1 Å². The summed E-state index contributed by atoms with van der Waals surface area (Å²) >= 11 is 0. The number of halogens is 1. The lowest BCUT2D eigenvalue weighted by Gasteiger charge is -2.31. The highest BCUT2D eigenvalue weighted by molar-refractivity contribution is 6.01. The maximum Gasteiger partial charge on any atom is 0.343 e. The molecule has 1 N–H and O–H groups in total. The van der Waals surface area contributed by atoms with Crippen LogP contribution in [0.5, 0.6) is 11.5 Å². The molecule has 0 spiro atoms. The number of pyridine rings is 2. The average molecular weight is 486 g/mol. The van der Waals surface area contributed by atoms with Crippen molar-refractivity contribution in [3.05, 3.63) is 75.3 Å². The quantitative estimate of drug-likeness (QED) is 0.381. The van der Waals surface area contributed by atoms with Crippen LogP contribution in [0.1, 0.15) is 30.0 Å². The molecule has 180 valence electrons.